The summed E-state index contributed by atoms with van der Waals surface area (Å²) >= 11 is 6.43. The Hall–Kier alpha value is -2.23. The Kier molecular flexibility index (Phi) is 5.24. The van der Waals surface area contributed by atoms with E-state index in [0.717, 1.165) is 30.9 Å². The zero-order valence-corrected chi connectivity index (χ0v) is 17.4. The standard InChI is InChI=1S/C18H14BrN5OS2/c1-11-4-3-7-24-15(25)9-14(20-16(11)24)10-26-18-23-22-17(27-18)21-13-6-2-5-12(19)8-13/h2-9H,10H2,1H3,(H,21,22). The molecule has 0 saturated heterocycles. The molecule has 0 unspecified atom stereocenters. The smallest absolute Gasteiger partial charge is 0.258 e. The summed E-state index contributed by atoms with van der Waals surface area (Å²) in [6.07, 6.45) is 1.74. The highest BCUT2D eigenvalue weighted by Gasteiger charge is 2.09. The number of benzene rings is 1. The number of aromatic nitrogens is 4. The van der Waals surface area contributed by atoms with Gasteiger partial charge in [-0.1, -0.05) is 51.2 Å². The van der Waals surface area contributed by atoms with E-state index in [1.54, 1.807) is 16.7 Å². The molecule has 1 aromatic carbocycles. The van der Waals surface area contributed by atoms with Crippen LogP contribution < -0.4 is 10.9 Å². The zero-order valence-electron chi connectivity index (χ0n) is 14.2. The summed E-state index contributed by atoms with van der Waals surface area (Å²) < 4.78 is 3.38. The molecule has 3 aromatic heterocycles. The topological polar surface area (TPSA) is 72.2 Å². The van der Waals surface area contributed by atoms with Crippen LogP contribution in [0.2, 0.25) is 0 Å². The Balaban J connectivity index is 1.48. The molecule has 0 bridgehead atoms. The van der Waals surface area contributed by atoms with Crippen LogP contribution in [0.4, 0.5) is 10.8 Å². The van der Waals surface area contributed by atoms with E-state index in [-0.39, 0.29) is 5.56 Å². The molecular formula is C18H14BrN5OS2. The molecule has 9 heteroatoms. The van der Waals surface area contributed by atoms with E-state index in [9.17, 15) is 4.79 Å². The van der Waals surface area contributed by atoms with Gasteiger partial charge in [-0.3, -0.25) is 9.20 Å². The van der Waals surface area contributed by atoms with Crippen LogP contribution in [-0.2, 0) is 5.75 Å². The molecule has 1 N–H and O–H groups in total. The molecule has 0 aliphatic heterocycles. The highest BCUT2D eigenvalue weighted by molar-refractivity contribution is 9.10. The fraction of sp³-hybridized carbons (Fsp3) is 0.111. The number of aryl methyl sites for hydroxylation is 1. The molecule has 0 amide bonds. The second-order valence-electron chi connectivity index (χ2n) is 5.77. The lowest BCUT2D eigenvalue weighted by molar-refractivity contribution is 0.994. The number of halogens is 1. The fourth-order valence-electron chi connectivity index (χ4n) is 2.53. The van der Waals surface area contributed by atoms with E-state index >= 15 is 0 Å². The molecule has 0 radical (unpaired) electrons. The molecule has 0 saturated carbocycles. The second kappa shape index (κ2) is 7.79. The Morgan fingerprint density at radius 2 is 2.11 bits per heavy atom. The molecule has 0 spiro atoms. The van der Waals surface area contributed by atoms with Gasteiger partial charge in [0.1, 0.15) is 5.65 Å². The van der Waals surface area contributed by atoms with Gasteiger partial charge in [-0.15, -0.1) is 10.2 Å². The van der Waals surface area contributed by atoms with E-state index in [1.165, 1.54) is 23.1 Å². The van der Waals surface area contributed by atoms with Gasteiger partial charge in [-0.25, -0.2) is 4.98 Å². The minimum absolute atomic E-state index is 0.0754. The summed E-state index contributed by atoms with van der Waals surface area (Å²) in [4.78, 5) is 16.9. The first-order valence-electron chi connectivity index (χ1n) is 8.05. The van der Waals surface area contributed by atoms with E-state index in [1.807, 2.05) is 43.3 Å². The van der Waals surface area contributed by atoms with Gasteiger partial charge in [0.25, 0.3) is 5.56 Å². The number of rotatable bonds is 5. The summed E-state index contributed by atoms with van der Waals surface area (Å²) in [5.41, 5.74) is 3.26. The van der Waals surface area contributed by atoms with Gasteiger partial charge in [0.15, 0.2) is 4.34 Å². The number of fused-ring (bicyclic) bond motifs is 1. The van der Waals surface area contributed by atoms with Gasteiger partial charge < -0.3 is 5.32 Å². The number of nitrogens with one attached hydrogen (secondary N) is 1. The van der Waals surface area contributed by atoms with Crippen LogP contribution in [0.1, 0.15) is 11.3 Å². The molecule has 0 atom stereocenters. The van der Waals surface area contributed by atoms with Crippen molar-refractivity contribution in [1.82, 2.24) is 19.6 Å². The molecule has 3 heterocycles. The molecule has 0 aliphatic carbocycles. The van der Waals surface area contributed by atoms with Crippen molar-refractivity contribution in [1.29, 1.82) is 0 Å². The number of nitrogens with zero attached hydrogens (tertiary/aromatic N) is 4. The lowest BCUT2D eigenvalue weighted by atomic mass is 10.3. The van der Waals surface area contributed by atoms with Crippen molar-refractivity contribution in [3.63, 3.8) is 0 Å². The predicted octanol–water partition coefficient (Wildman–Crippen LogP) is 4.65. The van der Waals surface area contributed by atoms with Crippen molar-refractivity contribution >= 4 is 55.5 Å². The third-order valence-corrected chi connectivity index (χ3v) is 6.26. The lowest BCUT2D eigenvalue weighted by Crippen LogP contribution is -2.15. The first-order chi connectivity index (χ1) is 13.1. The first kappa shape index (κ1) is 18.1. The number of pyridine rings is 1. The molecule has 4 aromatic rings. The van der Waals surface area contributed by atoms with E-state index < -0.39 is 0 Å². The average molecular weight is 460 g/mol. The zero-order chi connectivity index (χ0) is 18.8. The molecule has 27 heavy (non-hydrogen) atoms. The minimum Gasteiger partial charge on any atom is -0.330 e. The molecule has 136 valence electrons. The summed E-state index contributed by atoms with van der Waals surface area (Å²) in [7, 11) is 0. The fourth-order valence-corrected chi connectivity index (χ4v) is 4.59. The predicted molar refractivity (Wildman–Crippen MR) is 113 cm³/mol. The molecule has 6 nitrogen and oxygen atoms in total. The monoisotopic (exact) mass is 459 g/mol. The quantitative estimate of drug-likeness (QED) is 0.437. The Morgan fingerprint density at radius 1 is 1.22 bits per heavy atom. The van der Waals surface area contributed by atoms with Gasteiger partial charge in [0.05, 0.1) is 5.69 Å². The Bertz CT molecular complexity index is 1170. The van der Waals surface area contributed by atoms with Crippen molar-refractivity contribution in [3.05, 3.63) is 74.7 Å². The van der Waals surface area contributed by atoms with Crippen LogP contribution in [0.3, 0.4) is 0 Å². The SMILES string of the molecule is Cc1cccn2c(=O)cc(CSc3nnc(Nc4cccc(Br)c4)s3)nc12. The maximum atomic E-state index is 12.3. The average Bonchev–Trinajstić information content (AvgIpc) is 3.08. The maximum Gasteiger partial charge on any atom is 0.258 e. The van der Waals surface area contributed by atoms with Crippen LogP contribution >= 0.6 is 39.0 Å². The number of hydrogen-bond donors (Lipinski definition) is 1. The Morgan fingerprint density at radius 3 is 2.96 bits per heavy atom. The molecule has 0 aliphatic rings. The largest absolute Gasteiger partial charge is 0.330 e. The van der Waals surface area contributed by atoms with Crippen molar-refractivity contribution in [3.8, 4) is 0 Å². The van der Waals surface area contributed by atoms with Crippen molar-refractivity contribution in [2.75, 3.05) is 5.32 Å². The van der Waals surface area contributed by atoms with E-state index in [4.69, 9.17) is 0 Å². The van der Waals surface area contributed by atoms with Crippen molar-refractivity contribution < 1.29 is 0 Å². The third kappa shape index (κ3) is 4.20. The second-order valence-corrected chi connectivity index (χ2v) is 8.88. The molecular weight excluding hydrogens is 446 g/mol. The number of thioether (sulfide) groups is 1. The van der Waals surface area contributed by atoms with Gasteiger partial charge in [-0.05, 0) is 36.8 Å². The highest BCUT2D eigenvalue weighted by atomic mass is 79.9. The number of anilines is 2. The third-order valence-electron chi connectivity index (χ3n) is 3.77. The maximum absolute atomic E-state index is 12.3. The van der Waals surface area contributed by atoms with Crippen LogP contribution in [-0.4, -0.2) is 19.6 Å². The van der Waals surface area contributed by atoms with Gasteiger partial charge in [0.2, 0.25) is 5.13 Å². The van der Waals surface area contributed by atoms with E-state index in [2.05, 4.69) is 36.4 Å². The van der Waals surface area contributed by atoms with Crippen molar-refractivity contribution in [2.24, 2.45) is 0 Å². The van der Waals surface area contributed by atoms with Gasteiger partial charge >= 0.3 is 0 Å². The highest BCUT2D eigenvalue weighted by Crippen LogP contribution is 2.30. The minimum atomic E-state index is -0.0754. The van der Waals surface area contributed by atoms with Crippen LogP contribution in [0.5, 0.6) is 0 Å². The summed E-state index contributed by atoms with van der Waals surface area (Å²) in [5.74, 6) is 0.561. The normalized spacial score (nSPS) is 11.0. The van der Waals surface area contributed by atoms with E-state index in [0.29, 0.717) is 11.4 Å². The Labute approximate surface area is 171 Å². The van der Waals surface area contributed by atoms with Gasteiger partial charge in [-0.2, -0.15) is 0 Å². The molecule has 0 fully saturated rings. The van der Waals surface area contributed by atoms with Crippen LogP contribution in [0, 0.1) is 6.92 Å². The van der Waals surface area contributed by atoms with Gasteiger partial charge in [0, 0.05) is 28.2 Å². The summed E-state index contributed by atoms with van der Waals surface area (Å²) in [6.45, 7) is 1.95. The molecule has 4 rings (SSSR count). The van der Waals surface area contributed by atoms with Crippen LogP contribution in [0.15, 0.2) is 62.3 Å². The first-order valence-corrected chi connectivity index (χ1v) is 10.6. The lowest BCUT2D eigenvalue weighted by Gasteiger charge is -2.05. The summed E-state index contributed by atoms with van der Waals surface area (Å²) in [6, 6.07) is 13.2. The summed E-state index contributed by atoms with van der Waals surface area (Å²) in [5, 5.41) is 12.3. The van der Waals surface area contributed by atoms with Crippen molar-refractivity contribution in [2.45, 2.75) is 17.0 Å². The number of hydrogen-bond acceptors (Lipinski definition) is 7. The van der Waals surface area contributed by atoms with Crippen LogP contribution in [0.25, 0.3) is 5.65 Å².